The number of fused-ring (bicyclic) bond motifs is 1. The van der Waals surface area contributed by atoms with Crippen molar-refractivity contribution in [1.29, 1.82) is 0 Å². The molecule has 0 saturated heterocycles. The van der Waals surface area contributed by atoms with Crippen LogP contribution in [-0.4, -0.2) is 361 Å². The number of benzene rings is 1. The molecule has 19 atom stereocenters. The van der Waals surface area contributed by atoms with Crippen LogP contribution >= 0.6 is 12.6 Å². The molecule has 2 aromatic heterocycles. The normalized spacial score (nSPS) is 16.3. The molecule has 3 rings (SSSR count). The molecule has 648 valence electrons. The number of anilines is 2. The van der Waals surface area contributed by atoms with E-state index in [1.807, 2.05) is 5.32 Å². The Morgan fingerprint density at radius 2 is 0.741 bits per heavy atom. The SMILES string of the molecule is Nc1nc2ncc(CNc3ccc(C(=O)NC(CCC(=O)NC(CCC(=O)NCC(O)C(O)C(O)C(O)CO)C(=O)NC(CCC(=O)O)C(=O)NC(CCC(=O)NCC(O)C(O)C(O)C(O)CO)C(=O)NC(CCC(=O)O)C(=O)NC(CCC(=O)NCC(O)C(O)C(O)C(O)CO)C(=O)NC(CS)C(=O)O)C(=O)O)cc3)nc2c(=O)[nH]1. The maximum atomic E-state index is 14.6. The summed E-state index contributed by atoms with van der Waals surface area (Å²) in [5.74, 6) is -20.5. The van der Waals surface area contributed by atoms with Crippen LogP contribution in [0.15, 0.2) is 35.3 Å². The number of aromatic amines is 1. The molecule has 0 aliphatic rings. The van der Waals surface area contributed by atoms with Gasteiger partial charge in [0.15, 0.2) is 11.2 Å². The molecule has 0 spiro atoms. The molecule has 0 saturated carbocycles. The number of hydrogen-bond acceptors (Lipinski definition) is 36. The quantitative estimate of drug-likeness (QED) is 0.0233. The van der Waals surface area contributed by atoms with Gasteiger partial charge in [0, 0.05) is 75.2 Å². The van der Waals surface area contributed by atoms with Crippen molar-refractivity contribution in [1.82, 2.24) is 73.1 Å². The Balaban J connectivity index is 2.05. The van der Waals surface area contributed by atoms with Crippen LogP contribution in [0.4, 0.5) is 11.6 Å². The van der Waals surface area contributed by atoms with Gasteiger partial charge >= 0.3 is 23.9 Å². The fraction of sp³-hybridized carbons (Fsp3) is 0.600. The number of carboxylic acid groups (broad SMARTS) is 4. The second kappa shape index (κ2) is 50.0. The molecular formula is C65H98N16O34S. The van der Waals surface area contributed by atoms with Gasteiger partial charge in [-0.05, 0) is 62.8 Å². The number of nitrogens with one attached hydrogen (secondary N) is 12. The van der Waals surface area contributed by atoms with Gasteiger partial charge < -0.3 is 161 Å². The molecular weight excluding hydrogens is 1580 g/mol. The van der Waals surface area contributed by atoms with Gasteiger partial charge in [-0.2, -0.15) is 17.6 Å². The lowest BCUT2D eigenvalue weighted by molar-refractivity contribution is -0.142. The van der Waals surface area contributed by atoms with Gasteiger partial charge in [0.25, 0.3) is 11.5 Å². The molecule has 50 nitrogen and oxygen atoms in total. The molecule has 2 heterocycles. The maximum absolute atomic E-state index is 14.6. The summed E-state index contributed by atoms with van der Waals surface area (Å²) in [5, 5.41) is 212. The minimum absolute atomic E-state index is 0.00179. The fourth-order valence-corrected chi connectivity index (χ4v) is 10.5. The highest BCUT2D eigenvalue weighted by molar-refractivity contribution is 7.80. The van der Waals surface area contributed by atoms with E-state index in [-0.39, 0.29) is 34.9 Å². The number of amides is 10. The van der Waals surface area contributed by atoms with Crippen LogP contribution in [0, 0.1) is 0 Å². The van der Waals surface area contributed by atoms with E-state index >= 15 is 0 Å². The average molecular weight is 1680 g/mol. The first-order chi connectivity index (χ1) is 54.5. The zero-order valence-electron chi connectivity index (χ0n) is 61.5. The molecule has 0 radical (unpaired) electrons. The Kier molecular flexibility index (Phi) is 42.9. The number of aliphatic carboxylic acids is 4. The number of rotatable bonds is 55. The minimum Gasteiger partial charge on any atom is -0.481 e. The zero-order chi connectivity index (χ0) is 87.4. The zero-order valence-corrected chi connectivity index (χ0v) is 62.4. The van der Waals surface area contributed by atoms with Crippen LogP contribution in [0.2, 0.25) is 0 Å². The number of thiol groups is 1. The highest BCUT2D eigenvalue weighted by Gasteiger charge is 2.38. The van der Waals surface area contributed by atoms with Crippen molar-refractivity contribution in [3.05, 3.63) is 52.1 Å². The van der Waals surface area contributed by atoms with Crippen molar-refractivity contribution in [3.63, 3.8) is 0 Å². The van der Waals surface area contributed by atoms with E-state index in [0.717, 1.165) is 0 Å². The Morgan fingerprint density at radius 1 is 0.414 bits per heavy atom. The summed E-state index contributed by atoms with van der Waals surface area (Å²) < 4.78 is 0. The number of nitrogens with zero attached hydrogens (tertiary/aromatic N) is 3. The smallest absolute Gasteiger partial charge is 0.327 e. The van der Waals surface area contributed by atoms with Crippen LogP contribution in [-0.2, 0) is 68.9 Å². The minimum atomic E-state index is -2.25. The Morgan fingerprint density at radius 3 is 1.09 bits per heavy atom. The molecule has 1 aromatic carbocycles. The fourth-order valence-electron chi connectivity index (χ4n) is 10.3. The summed E-state index contributed by atoms with van der Waals surface area (Å²) in [5.41, 5.74) is 5.35. The Labute approximate surface area is 660 Å². The third kappa shape index (κ3) is 34.0. The summed E-state index contributed by atoms with van der Waals surface area (Å²) in [7, 11) is 0. The van der Waals surface area contributed by atoms with E-state index in [4.69, 9.17) is 10.8 Å². The van der Waals surface area contributed by atoms with Gasteiger partial charge in [-0.3, -0.25) is 67.3 Å². The molecule has 3 aromatic rings. The second-order valence-electron chi connectivity index (χ2n) is 26.1. The molecule has 10 amide bonds. The molecule has 0 aliphatic heterocycles. The van der Waals surface area contributed by atoms with Crippen molar-refractivity contribution in [3.8, 4) is 0 Å². The number of aliphatic hydroxyl groups is 15. The summed E-state index contributed by atoms with van der Waals surface area (Å²) >= 11 is 3.87. The summed E-state index contributed by atoms with van der Waals surface area (Å²) in [4.78, 5) is 214. The Hall–Kier alpha value is -10.6. The first-order valence-corrected chi connectivity index (χ1v) is 36.0. The average Bonchev–Trinajstić information content (AvgIpc) is 0.810. The van der Waals surface area contributed by atoms with Gasteiger partial charge in [0.2, 0.25) is 59.1 Å². The number of hydrogen-bond donors (Lipinski definition) is 33. The van der Waals surface area contributed by atoms with Gasteiger partial charge in [-0.25, -0.2) is 19.6 Å². The predicted molar refractivity (Wildman–Crippen MR) is 391 cm³/mol. The number of H-pyrrole nitrogens is 1. The number of carbonyl (C=O) groups excluding carboxylic acids is 10. The van der Waals surface area contributed by atoms with Crippen molar-refractivity contribution < 1.29 is 164 Å². The van der Waals surface area contributed by atoms with Crippen LogP contribution in [0.1, 0.15) is 93.1 Å². The number of carbonyl (C=O) groups is 14. The number of aromatic nitrogens is 4. The second-order valence-corrected chi connectivity index (χ2v) is 26.4. The van der Waals surface area contributed by atoms with E-state index < -0.39 is 326 Å². The van der Waals surface area contributed by atoms with E-state index in [9.17, 15) is 164 Å². The van der Waals surface area contributed by atoms with Crippen LogP contribution < -0.4 is 69.8 Å². The van der Waals surface area contributed by atoms with Crippen molar-refractivity contribution in [2.45, 2.75) is 199 Å². The molecule has 116 heavy (non-hydrogen) atoms. The highest BCUT2D eigenvalue weighted by atomic mass is 32.1. The van der Waals surface area contributed by atoms with E-state index in [2.05, 4.69) is 85.7 Å². The topological polar surface area (TPSA) is 853 Å². The van der Waals surface area contributed by atoms with Gasteiger partial charge in [0.1, 0.15) is 97.2 Å². The lowest BCUT2D eigenvalue weighted by atomic mass is 10.0. The van der Waals surface area contributed by atoms with Gasteiger partial charge in [-0.15, -0.1) is 0 Å². The van der Waals surface area contributed by atoms with Crippen LogP contribution in [0.3, 0.4) is 0 Å². The molecule has 0 fully saturated rings. The summed E-state index contributed by atoms with van der Waals surface area (Å²) in [6, 6.07) is -9.01. The van der Waals surface area contributed by atoms with Crippen molar-refractivity contribution in [2.24, 2.45) is 0 Å². The lowest BCUT2D eigenvalue weighted by Crippen LogP contribution is -2.59. The third-order valence-electron chi connectivity index (χ3n) is 17.1. The van der Waals surface area contributed by atoms with Crippen LogP contribution in [0.5, 0.6) is 0 Å². The van der Waals surface area contributed by atoms with E-state index in [0.29, 0.717) is 5.69 Å². The van der Waals surface area contributed by atoms with Gasteiger partial charge in [-0.1, -0.05) is 0 Å². The molecule has 33 N–H and O–H groups in total. The summed E-state index contributed by atoms with van der Waals surface area (Å²) in [6.45, 7) is -5.97. The number of carboxylic acids is 4. The largest absolute Gasteiger partial charge is 0.481 e. The first kappa shape index (κ1) is 99.6. The Bertz CT molecular complexity index is 3870. The molecule has 0 aliphatic carbocycles. The lowest BCUT2D eigenvalue weighted by Gasteiger charge is -2.28. The monoisotopic (exact) mass is 1680 g/mol. The molecule has 0 bridgehead atoms. The van der Waals surface area contributed by atoms with E-state index in [1.165, 1.54) is 30.5 Å². The molecule has 51 heteroatoms. The van der Waals surface area contributed by atoms with Crippen molar-refractivity contribution in [2.75, 3.05) is 56.3 Å². The number of nitrogens with two attached hydrogens (primary N) is 1. The van der Waals surface area contributed by atoms with Crippen LogP contribution in [0.25, 0.3) is 11.2 Å². The standard InChI is InChI=1S/C65H98N16O34S/c66-65-80-55-48(62(111)81-65)72-28(18-71-55)17-67-27-3-1-26(2-4-27)56(105)78-34(63(112)113)8-14-45(94)73-29(5-11-42(91)68-19-36(85)49(99)52(102)39(88)22-82)57(106)76-32(9-15-46(95)96)59(108)74-30(6-12-43(92)69-20-37(86)50(100)53(103)40(89)23-83)58(107)77-33(10-16-47(97)98)60(109)75-31(61(110)79-35(25-116)64(114)115)7-13-44(93)70-21-38(87)51(101)54(104)41(90)24-84/h1-4,18,29-41,49-54,67,82-90,99-104,116H,5-17,19-25H2,(H,68,91)(H,69,92)(H,70,93)(H,73,94)(H,74,108)(H,75,109)(H,76,106)(H,77,107)(H,78,105)(H,79,110)(H,95,96)(H,97,98)(H,112,113)(H,114,115)(H3,66,71,80,81,111). The van der Waals surface area contributed by atoms with Gasteiger partial charge in [0.05, 0.1) is 56.6 Å². The number of aliphatic hydroxyl groups excluding tert-OH is 15. The van der Waals surface area contributed by atoms with E-state index in [1.54, 1.807) is 0 Å². The maximum Gasteiger partial charge on any atom is 0.327 e. The van der Waals surface area contributed by atoms with Crippen molar-refractivity contribution >= 4 is 118 Å². The number of nitrogen functional groups attached to an aromatic ring is 1. The first-order valence-electron chi connectivity index (χ1n) is 35.3. The predicted octanol–water partition coefficient (Wildman–Crippen LogP) is -14.5. The highest BCUT2D eigenvalue weighted by Crippen LogP contribution is 2.16. The molecule has 19 unspecified atom stereocenters. The third-order valence-corrected chi connectivity index (χ3v) is 17.5. The summed E-state index contributed by atoms with van der Waals surface area (Å²) in [6.07, 6.45) is -34.8.